The van der Waals surface area contributed by atoms with E-state index in [1.54, 1.807) is 35.6 Å². The quantitative estimate of drug-likeness (QED) is 0.275. The van der Waals surface area contributed by atoms with Crippen LogP contribution in [0.5, 0.6) is 23.0 Å². The van der Waals surface area contributed by atoms with E-state index in [1.807, 2.05) is 59.8 Å². The van der Waals surface area contributed by atoms with Crippen molar-refractivity contribution in [3.05, 3.63) is 69.9 Å². The van der Waals surface area contributed by atoms with Crippen LogP contribution < -0.4 is 9.47 Å². The molecule has 0 saturated carbocycles. The van der Waals surface area contributed by atoms with Gasteiger partial charge in [0.1, 0.15) is 23.0 Å². The van der Waals surface area contributed by atoms with Gasteiger partial charge in [-0.1, -0.05) is 41.5 Å². The zero-order valence-electron chi connectivity index (χ0n) is 24.9. The van der Waals surface area contributed by atoms with Crippen LogP contribution in [0.4, 0.5) is 0 Å². The molecular formula is C31H46Cl2O4STi. The molecule has 3 aromatic rings. The van der Waals surface area contributed by atoms with E-state index in [-0.39, 0.29) is 47.9 Å². The van der Waals surface area contributed by atoms with Gasteiger partial charge in [0.15, 0.2) is 0 Å². The van der Waals surface area contributed by atoms with Crippen LogP contribution in [0.1, 0.15) is 85.2 Å². The molecule has 8 heteroatoms. The molecule has 218 valence electrons. The minimum atomic E-state index is -0.0690. The molecule has 1 aromatic heterocycles. The second kappa shape index (κ2) is 18.0. The van der Waals surface area contributed by atoms with E-state index >= 15 is 0 Å². The Bertz CT molecular complexity index is 1030. The maximum atomic E-state index is 9.75. The molecule has 1 heterocycles. The van der Waals surface area contributed by atoms with Crippen molar-refractivity contribution < 1.29 is 39.7 Å². The zero-order valence-corrected chi connectivity index (χ0v) is 28.9. The summed E-state index contributed by atoms with van der Waals surface area (Å²) in [6.45, 7) is 20.4. The topological polar surface area (TPSA) is 58.9 Å². The summed E-state index contributed by atoms with van der Waals surface area (Å²) in [4.78, 5) is 1.35. The van der Waals surface area contributed by atoms with Gasteiger partial charge in [0.25, 0.3) is 0 Å². The molecule has 39 heavy (non-hydrogen) atoms. The molecule has 0 aliphatic carbocycles. The Morgan fingerprint density at radius 2 is 1.10 bits per heavy atom. The Morgan fingerprint density at radius 1 is 0.718 bits per heavy atom. The maximum absolute atomic E-state index is 9.75. The SMILES string of the molecule is CC(C)Oc1ccc(O)c(C(C)(C)C)c1.CC(C)Oc1ccc(O)c(C(C)(C)C)c1.Cl.Cl.[Ti]=[CH]c1cccs1. The van der Waals surface area contributed by atoms with Crippen LogP contribution >= 0.6 is 36.2 Å². The van der Waals surface area contributed by atoms with Crippen LogP contribution in [0.2, 0.25) is 0 Å². The Hall–Kier alpha value is -1.50. The van der Waals surface area contributed by atoms with Crippen LogP contribution in [0.3, 0.4) is 0 Å². The fraction of sp³-hybridized carbons (Fsp3) is 0.452. The summed E-state index contributed by atoms with van der Waals surface area (Å²) in [5, 5.41) is 21.6. The zero-order chi connectivity index (χ0) is 28.4. The van der Waals surface area contributed by atoms with Crippen molar-refractivity contribution in [2.75, 3.05) is 0 Å². The molecule has 0 saturated heterocycles. The molecule has 0 bridgehead atoms. The third kappa shape index (κ3) is 15.2. The van der Waals surface area contributed by atoms with E-state index in [9.17, 15) is 10.2 Å². The summed E-state index contributed by atoms with van der Waals surface area (Å²) in [5.74, 6) is 2.29. The van der Waals surface area contributed by atoms with Gasteiger partial charge in [-0.2, -0.15) is 0 Å². The average molecular weight is 634 g/mol. The number of ether oxygens (including phenoxy) is 2. The normalized spacial score (nSPS) is 10.6. The number of rotatable bonds is 5. The molecule has 0 unspecified atom stereocenters. The van der Waals surface area contributed by atoms with Crippen molar-refractivity contribution in [3.8, 4) is 23.0 Å². The van der Waals surface area contributed by atoms with E-state index in [4.69, 9.17) is 9.47 Å². The number of thiophene rings is 1. The van der Waals surface area contributed by atoms with Crippen LogP contribution in [0.15, 0.2) is 53.9 Å². The predicted molar refractivity (Wildman–Crippen MR) is 169 cm³/mol. The predicted octanol–water partition coefficient (Wildman–Crippen LogP) is 9.24. The molecule has 0 spiro atoms. The van der Waals surface area contributed by atoms with Gasteiger partial charge in [-0.25, -0.2) is 0 Å². The number of hydrogen-bond acceptors (Lipinski definition) is 5. The monoisotopic (exact) mass is 632 g/mol. The number of halogens is 2. The second-order valence-corrected chi connectivity index (χ2v) is 12.8. The van der Waals surface area contributed by atoms with Crippen molar-refractivity contribution in [1.82, 2.24) is 0 Å². The average Bonchev–Trinajstić information content (AvgIpc) is 3.29. The Labute approximate surface area is 263 Å². The van der Waals surface area contributed by atoms with Crippen molar-refractivity contribution in [1.29, 1.82) is 0 Å². The summed E-state index contributed by atoms with van der Waals surface area (Å²) in [7, 11) is 0. The van der Waals surface area contributed by atoms with Gasteiger partial charge in [0, 0.05) is 11.1 Å². The second-order valence-electron chi connectivity index (χ2n) is 11.4. The van der Waals surface area contributed by atoms with Gasteiger partial charge >= 0.3 is 58.0 Å². The molecule has 0 atom stereocenters. The number of phenols is 2. The van der Waals surface area contributed by atoms with Crippen LogP contribution in [-0.2, 0) is 30.8 Å². The molecule has 4 nitrogen and oxygen atoms in total. The third-order valence-corrected chi connectivity index (χ3v) is 6.61. The standard InChI is InChI=1S/2C13H20O2.C5H4S.2ClH.Ti/c2*1-9(2)15-10-6-7-12(14)11(8-10)13(3,4)5;1-5-3-2-4-6-5;;;/h2*6-9,14H,1-5H3;1-4H;2*1H;. The van der Waals surface area contributed by atoms with E-state index in [0.717, 1.165) is 22.6 Å². The summed E-state index contributed by atoms with van der Waals surface area (Å²) in [6, 6.07) is 15.0. The Morgan fingerprint density at radius 3 is 1.33 bits per heavy atom. The van der Waals surface area contributed by atoms with Crippen molar-refractivity contribution in [3.63, 3.8) is 0 Å². The molecule has 2 aromatic carbocycles. The van der Waals surface area contributed by atoms with Gasteiger partial charge in [-0.3, -0.25) is 0 Å². The summed E-state index contributed by atoms with van der Waals surface area (Å²) in [5.41, 5.74) is 1.70. The van der Waals surface area contributed by atoms with Crippen LogP contribution in [0.25, 0.3) is 0 Å². The number of aromatic hydroxyl groups is 2. The molecule has 3 rings (SSSR count). The van der Waals surface area contributed by atoms with Gasteiger partial charge in [0.2, 0.25) is 0 Å². The van der Waals surface area contributed by atoms with Gasteiger partial charge < -0.3 is 19.7 Å². The molecule has 0 fully saturated rings. The van der Waals surface area contributed by atoms with Crippen molar-refractivity contribution in [2.24, 2.45) is 0 Å². The number of benzene rings is 2. The van der Waals surface area contributed by atoms with Gasteiger partial charge in [0.05, 0.1) is 12.2 Å². The first-order valence-electron chi connectivity index (χ1n) is 12.6. The molecule has 0 aliphatic heterocycles. The first-order chi connectivity index (χ1) is 17.0. The van der Waals surface area contributed by atoms with Gasteiger partial charge in [-0.15, -0.1) is 24.8 Å². The molecule has 2 N–H and O–H groups in total. The fourth-order valence-electron chi connectivity index (χ4n) is 3.30. The molecule has 0 radical (unpaired) electrons. The van der Waals surface area contributed by atoms with E-state index in [2.05, 4.69) is 63.4 Å². The van der Waals surface area contributed by atoms with E-state index < -0.39 is 0 Å². The summed E-state index contributed by atoms with van der Waals surface area (Å²) in [6.07, 6.45) is 0.310. The van der Waals surface area contributed by atoms with E-state index in [1.165, 1.54) is 4.88 Å². The third-order valence-electron chi connectivity index (χ3n) is 4.98. The van der Waals surface area contributed by atoms with Crippen molar-refractivity contribution in [2.45, 2.75) is 92.3 Å². The summed E-state index contributed by atoms with van der Waals surface area (Å²) < 4.78 is 13.3. The summed E-state index contributed by atoms with van der Waals surface area (Å²) >= 11 is 3.81. The first-order valence-corrected chi connectivity index (χ1v) is 14.4. The van der Waals surface area contributed by atoms with Crippen molar-refractivity contribution >= 4 is 40.5 Å². The van der Waals surface area contributed by atoms with Crippen LogP contribution in [0, 0.1) is 0 Å². The Kier molecular flexibility index (Phi) is 18.3. The first kappa shape index (κ1) is 39.6. The van der Waals surface area contributed by atoms with Crippen LogP contribution in [-0.4, -0.2) is 26.7 Å². The minimum absolute atomic E-state index is 0. The Balaban J connectivity index is 0. The fourth-order valence-corrected chi connectivity index (χ4v) is 4.30. The number of hydrogen-bond donors (Lipinski definition) is 2. The van der Waals surface area contributed by atoms with E-state index in [0.29, 0.717) is 11.5 Å². The number of phenolic OH excluding ortho intramolecular Hbond substituents is 2. The molecule has 0 aliphatic rings. The molecule has 0 amide bonds. The van der Waals surface area contributed by atoms with Gasteiger partial charge in [-0.05, 0) is 74.9 Å². The molecular weight excluding hydrogens is 587 g/mol.